The lowest BCUT2D eigenvalue weighted by Crippen LogP contribution is -2.13. The fraction of sp³-hybridized carbons (Fsp3) is 0.0588. The third kappa shape index (κ3) is 3.65. The Morgan fingerprint density at radius 1 is 0.826 bits per heavy atom. The maximum absolute atomic E-state index is 13.3. The SMILES string of the molecule is O=P(Oc1ccccc1)(Oc1ccccc1)c1ccc(CO)o1. The van der Waals surface area contributed by atoms with Gasteiger partial charge in [0.25, 0.3) is 0 Å². The van der Waals surface area contributed by atoms with Gasteiger partial charge in [-0.1, -0.05) is 36.4 Å². The summed E-state index contributed by atoms with van der Waals surface area (Å²) in [5.74, 6) is 1.08. The lowest BCUT2D eigenvalue weighted by atomic mass is 10.3. The summed E-state index contributed by atoms with van der Waals surface area (Å²) in [6.07, 6.45) is 0. The van der Waals surface area contributed by atoms with E-state index in [9.17, 15) is 4.57 Å². The van der Waals surface area contributed by atoms with E-state index >= 15 is 0 Å². The number of para-hydroxylation sites is 2. The maximum Gasteiger partial charge on any atom is 0.497 e. The number of benzene rings is 2. The van der Waals surface area contributed by atoms with Crippen LogP contribution in [0, 0.1) is 0 Å². The zero-order valence-corrected chi connectivity index (χ0v) is 13.1. The van der Waals surface area contributed by atoms with Crippen molar-refractivity contribution in [1.82, 2.24) is 0 Å². The van der Waals surface area contributed by atoms with E-state index in [4.69, 9.17) is 18.6 Å². The van der Waals surface area contributed by atoms with Gasteiger partial charge in [0.2, 0.25) is 5.50 Å². The Balaban J connectivity index is 1.96. The van der Waals surface area contributed by atoms with E-state index in [1.165, 1.54) is 12.1 Å². The van der Waals surface area contributed by atoms with Gasteiger partial charge in [0, 0.05) is 0 Å². The molecule has 0 aliphatic rings. The second-order valence-corrected chi connectivity index (χ2v) is 6.51. The van der Waals surface area contributed by atoms with Crippen LogP contribution in [0.5, 0.6) is 11.5 Å². The van der Waals surface area contributed by atoms with Crippen molar-refractivity contribution in [1.29, 1.82) is 0 Å². The Labute approximate surface area is 133 Å². The van der Waals surface area contributed by atoms with Crippen molar-refractivity contribution in [3.05, 3.63) is 78.6 Å². The Bertz CT molecular complexity index is 753. The third-order valence-corrected chi connectivity index (χ3v) is 4.69. The summed E-state index contributed by atoms with van der Waals surface area (Å²) in [4.78, 5) is 0. The van der Waals surface area contributed by atoms with Gasteiger partial charge in [0.15, 0.2) is 0 Å². The molecule has 0 spiro atoms. The van der Waals surface area contributed by atoms with Crippen molar-refractivity contribution < 1.29 is 23.1 Å². The van der Waals surface area contributed by atoms with Crippen LogP contribution >= 0.6 is 7.60 Å². The molecule has 0 radical (unpaired) electrons. The molecule has 1 aromatic heterocycles. The summed E-state index contributed by atoms with van der Waals surface area (Å²) in [6.45, 7) is -0.295. The van der Waals surface area contributed by atoms with Crippen molar-refractivity contribution >= 4 is 13.1 Å². The van der Waals surface area contributed by atoms with Crippen molar-refractivity contribution in [2.45, 2.75) is 6.61 Å². The van der Waals surface area contributed by atoms with Crippen LogP contribution in [0.25, 0.3) is 0 Å². The molecule has 118 valence electrons. The van der Waals surface area contributed by atoms with Crippen LogP contribution in [0.2, 0.25) is 0 Å². The molecule has 0 saturated heterocycles. The number of hydrogen-bond acceptors (Lipinski definition) is 5. The van der Waals surface area contributed by atoms with Crippen molar-refractivity contribution in [2.75, 3.05) is 0 Å². The first-order chi connectivity index (χ1) is 11.2. The molecule has 1 heterocycles. The van der Waals surface area contributed by atoms with Crippen LogP contribution in [0.1, 0.15) is 5.76 Å². The Morgan fingerprint density at radius 3 is 1.78 bits per heavy atom. The standard InChI is InChI=1S/C17H15O5P/c18-13-16-11-12-17(20-16)23(19,21-14-7-3-1-4-8-14)22-15-9-5-2-6-10-15/h1-12,18H,13H2. The zero-order chi connectivity index (χ0) is 16.1. The Kier molecular flexibility index (Phi) is 4.51. The maximum atomic E-state index is 13.3. The third-order valence-electron chi connectivity index (χ3n) is 3.01. The smallest absolute Gasteiger partial charge is 0.448 e. The van der Waals surface area contributed by atoms with Gasteiger partial charge in [0.05, 0.1) is 0 Å². The quantitative estimate of drug-likeness (QED) is 0.697. The first-order valence-electron chi connectivity index (χ1n) is 6.99. The molecule has 2 aromatic carbocycles. The predicted octanol–water partition coefficient (Wildman–Crippen LogP) is 3.75. The highest BCUT2D eigenvalue weighted by Crippen LogP contribution is 2.47. The fourth-order valence-electron chi connectivity index (χ4n) is 1.95. The van der Waals surface area contributed by atoms with Gasteiger partial charge in [-0.3, -0.25) is 0 Å². The first kappa shape index (κ1) is 15.4. The molecule has 0 bridgehead atoms. The number of aliphatic hydroxyl groups is 1. The molecule has 1 N–H and O–H groups in total. The number of aliphatic hydroxyl groups excluding tert-OH is 1. The average Bonchev–Trinajstić information content (AvgIpc) is 3.06. The lowest BCUT2D eigenvalue weighted by Gasteiger charge is -2.18. The largest absolute Gasteiger partial charge is 0.497 e. The molecule has 3 rings (SSSR count). The molecule has 0 fully saturated rings. The highest BCUT2D eigenvalue weighted by atomic mass is 31.2. The van der Waals surface area contributed by atoms with Gasteiger partial charge in [-0.05, 0) is 36.4 Å². The van der Waals surface area contributed by atoms with E-state index in [2.05, 4.69) is 0 Å². The minimum absolute atomic E-state index is 0.0363. The molecule has 5 nitrogen and oxygen atoms in total. The normalized spacial score (nSPS) is 11.2. The summed E-state index contributed by atoms with van der Waals surface area (Å²) in [5, 5.41) is 9.13. The second kappa shape index (κ2) is 6.73. The summed E-state index contributed by atoms with van der Waals surface area (Å²) in [5.41, 5.74) is 0.0363. The number of furan rings is 1. The zero-order valence-electron chi connectivity index (χ0n) is 12.2. The van der Waals surface area contributed by atoms with E-state index < -0.39 is 7.60 Å². The van der Waals surface area contributed by atoms with Gasteiger partial charge in [0.1, 0.15) is 23.9 Å². The minimum atomic E-state index is -3.79. The van der Waals surface area contributed by atoms with E-state index in [0.717, 1.165) is 0 Å². The van der Waals surface area contributed by atoms with Crippen molar-refractivity contribution in [3.8, 4) is 11.5 Å². The first-order valence-corrected chi connectivity index (χ1v) is 8.53. The van der Waals surface area contributed by atoms with Crippen LogP contribution in [0.15, 0.2) is 77.2 Å². The Hall–Kier alpha value is -2.49. The van der Waals surface area contributed by atoms with Crippen LogP contribution in [0.3, 0.4) is 0 Å². The number of hydrogen-bond donors (Lipinski definition) is 1. The highest BCUT2D eigenvalue weighted by Gasteiger charge is 2.35. The summed E-state index contributed by atoms with van der Waals surface area (Å²) in [6, 6.07) is 20.4. The molecule has 0 amide bonds. The van der Waals surface area contributed by atoms with Gasteiger partial charge in [-0.15, -0.1) is 0 Å². The molecule has 0 aliphatic heterocycles. The van der Waals surface area contributed by atoms with Crippen LogP contribution in [-0.2, 0) is 11.2 Å². The van der Waals surface area contributed by atoms with Gasteiger partial charge in [-0.2, -0.15) is 0 Å². The molecule has 3 aromatic rings. The van der Waals surface area contributed by atoms with Crippen LogP contribution in [0.4, 0.5) is 0 Å². The van der Waals surface area contributed by atoms with E-state index in [0.29, 0.717) is 11.5 Å². The van der Waals surface area contributed by atoms with E-state index in [-0.39, 0.29) is 17.9 Å². The highest BCUT2D eigenvalue weighted by molar-refractivity contribution is 7.62. The molecule has 23 heavy (non-hydrogen) atoms. The minimum Gasteiger partial charge on any atom is -0.448 e. The predicted molar refractivity (Wildman–Crippen MR) is 86.0 cm³/mol. The van der Waals surface area contributed by atoms with Crippen LogP contribution in [-0.4, -0.2) is 5.11 Å². The molecule has 6 heteroatoms. The molecule has 0 saturated carbocycles. The summed E-state index contributed by atoms with van der Waals surface area (Å²) in [7, 11) is -3.79. The van der Waals surface area contributed by atoms with E-state index in [1.807, 2.05) is 12.1 Å². The summed E-state index contributed by atoms with van der Waals surface area (Å²) >= 11 is 0. The van der Waals surface area contributed by atoms with Gasteiger partial charge in [-0.25, -0.2) is 4.57 Å². The molecule has 0 aliphatic carbocycles. The Morgan fingerprint density at radius 2 is 1.35 bits per heavy atom. The fourth-order valence-corrected chi connectivity index (χ4v) is 3.45. The monoisotopic (exact) mass is 330 g/mol. The lowest BCUT2D eigenvalue weighted by molar-refractivity contribution is 0.249. The second-order valence-electron chi connectivity index (χ2n) is 4.70. The molecular formula is C17H15O5P. The average molecular weight is 330 g/mol. The van der Waals surface area contributed by atoms with E-state index in [1.54, 1.807) is 48.5 Å². The van der Waals surface area contributed by atoms with Crippen molar-refractivity contribution in [3.63, 3.8) is 0 Å². The molecule has 0 atom stereocenters. The summed E-state index contributed by atoms with van der Waals surface area (Å²) < 4.78 is 29.9. The number of rotatable bonds is 6. The molecular weight excluding hydrogens is 315 g/mol. The van der Waals surface area contributed by atoms with Gasteiger partial charge >= 0.3 is 7.60 Å². The topological polar surface area (TPSA) is 68.9 Å². The van der Waals surface area contributed by atoms with Crippen molar-refractivity contribution in [2.24, 2.45) is 0 Å². The molecule has 0 unspecified atom stereocenters. The van der Waals surface area contributed by atoms with Gasteiger partial charge < -0.3 is 18.6 Å². The van der Waals surface area contributed by atoms with Crippen LogP contribution < -0.4 is 14.5 Å².